The Balaban J connectivity index is 1.58. The molecule has 7 heteroatoms. The molecule has 2 aromatic carbocycles. The minimum absolute atomic E-state index is 0.0142. The summed E-state index contributed by atoms with van der Waals surface area (Å²) in [5, 5.41) is -0.0701. The van der Waals surface area contributed by atoms with Crippen LogP contribution in [-0.4, -0.2) is 44.7 Å². The molecule has 0 radical (unpaired) electrons. The third-order valence-electron chi connectivity index (χ3n) is 4.87. The molecule has 0 saturated carbocycles. The van der Waals surface area contributed by atoms with Crippen LogP contribution in [0.15, 0.2) is 53.4 Å². The average Bonchev–Trinajstić information content (AvgIpc) is 3.18. The number of methoxy groups -OCH3 is 1. The number of likely N-dealkylation sites (tertiary alicyclic amines) is 1. The van der Waals surface area contributed by atoms with Crippen LogP contribution < -0.4 is 4.74 Å². The number of hydrogen-bond donors (Lipinski definition) is 0. The highest BCUT2D eigenvalue weighted by Crippen LogP contribution is 2.25. The van der Waals surface area contributed by atoms with Crippen molar-refractivity contribution in [3.8, 4) is 5.75 Å². The Labute approximate surface area is 164 Å². The molecule has 0 aromatic heterocycles. The molecule has 144 valence electrons. The van der Waals surface area contributed by atoms with E-state index in [-0.39, 0.29) is 17.3 Å². The van der Waals surface area contributed by atoms with E-state index >= 15 is 0 Å². The summed E-state index contributed by atoms with van der Waals surface area (Å²) >= 11 is 5.83. The lowest BCUT2D eigenvalue weighted by Crippen LogP contribution is -2.32. The molecule has 5 nitrogen and oxygen atoms in total. The Kier molecular flexibility index (Phi) is 6.07. The maximum atomic E-state index is 12.8. The van der Waals surface area contributed by atoms with Crippen molar-refractivity contribution in [2.75, 3.05) is 20.2 Å². The van der Waals surface area contributed by atoms with Gasteiger partial charge in [-0.3, -0.25) is 4.79 Å². The number of rotatable bonds is 6. The number of nitrogens with zero attached hydrogens (tertiary/aromatic N) is 1. The van der Waals surface area contributed by atoms with Gasteiger partial charge in [-0.2, -0.15) is 0 Å². The van der Waals surface area contributed by atoms with Crippen molar-refractivity contribution in [1.82, 2.24) is 4.90 Å². The fourth-order valence-electron chi connectivity index (χ4n) is 3.23. The lowest BCUT2D eigenvalue weighted by molar-refractivity contribution is -0.130. The van der Waals surface area contributed by atoms with Gasteiger partial charge in [0.05, 0.1) is 17.3 Å². The van der Waals surface area contributed by atoms with Crippen LogP contribution in [0.4, 0.5) is 0 Å². The molecule has 2 aromatic rings. The van der Waals surface area contributed by atoms with E-state index in [1.807, 2.05) is 24.3 Å². The van der Waals surface area contributed by atoms with Gasteiger partial charge in [0.15, 0.2) is 9.84 Å². The topological polar surface area (TPSA) is 63.7 Å². The van der Waals surface area contributed by atoms with Crippen molar-refractivity contribution in [3.63, 3.8) is 0 Å². The molecular weight excluding hydrogens is 386 g/mol. The van der Waals surface area contributed by atoms with Crippen molar-refractivity contribution >= 4 is 27.3 Å². The summed E-state index contributed by atoms with van der Waals surface area (Å²) in [6.07, 6.45) is 1.44. The molecule has 1 aliphatic rings. The third-order valence-corrected chi connectivity index (χ3v) is 7.31. The van der Waals surface area contributed by atoms with E-state index in [1.165, 1.54) is 12.1 Å². The predicted octanol–water partition coefficient (Wildman–Crippen LogP) is 3.36. The second-order valence-corrected chi connectivity index (χ2v) is 9.26. The van der Waals surface area contributed by atoms with E-state index in [4.69, 9.17) is 16.3 Å². The molecule has 0 N–H and O–H groups in total. The van der Waals surface area contributed by atoms with Gasteiger partial charge in [0.1, 0.15) is 5.75 Å². The van der Waals surface area contributed by atoms with Crippen LogP contribution in [-0.2, 0) is 21.1 Å². The summed E-state index contributed by atoms with van der Waals surface area (Å²) in [6.45, 7) is 0.714. The third kappa shape index (κ3) is 4.62. The van der Waals surface area contributed by atoms with Crippen LogP contribution in [0.2, 0.25) is 5.02 Å². The normalized spacial score (nSPS) is 17.1. The molecule has 0 aliphatic carbocycles. The van der Waals surface area contributed by atoms with Gasteiger partial charge in [-0.05, 0) is 54.8 Å². The second-order valence-electron chi connectivity index (χ2n) is 6.60. The van der Waals surface area contributed by atoms with Crippen molar-refractivity contribution < 1.29 is 17.9 Å². The Hall–Kier alpha value is -2.05. The van der Waals surface area contributed by atoms with E-state index in [9.17, 15) is 13.2 Å². The largest absolute Gasteiger partial charge is 0.497 e. The zero-order chi connectivity index (χ0) is 19.4. The minimum atomic E-state index is -3.46. The molecule has 1 amide bonds. The standard InChI is InChI=1S/C20H22ClNO4S/c1-26-17-7-2-15(3-8-17)4-11-20(23)22-13-12-19(14-22)27(24,25)18-9-5-16(21)6-10-18/h2-3,5-10,19H,4,11-14H2,1H3. The number of hydrogen-bond acceptors (Lipinski definition) is 4. The number of aryl methyl sites for hydroxylation is 1. The van der Waals surface area contributed by atoms with Gasteiger partial charge in [-0.25, -0.2) is 8.42 Å². The molecule has 1 saturated heterocycles. The van der Waals surface area contributed by atoms with Gasteiger partial charge >= 0.3 is 0 Å². The van der Waals surface area contributed by atoms with Crippen LogP contribution in [0.5, 0.6) is 5.75 Å². The zero-order valence-electron chi connectivity index (χ0n) is 15.1. The quantitative estimate of drug-likeness (QED) is 0.736. The van der Waals surface area contributed by atoms with Crippen LogP contribution in [0.25, 0.3) is 0 Å². The monoisotopic (exact) mass is 407 g/mol. The van der Waals surface area contributed by atoms with Crippen LogP contribution in [0, 0.1) is 0 Å². The first-order valence-corrected chi connectivity index (χ1v) is 10.7. The molecule has 27 heavy (non-hydrogen) atoms. The van der Waals surface area contributed by atoms with Crippen molar-refractivity contribution in [2.45, 2.75) is 29.4 Å². The summed E-state index contributed by atoms with van der Waals surface area (Å²) in [5.41, 5.74) is 1.05. The molecule has 1 heterocycles. The highest BCUT2D eigenvalue weighted by molar-refractivity contribution is 7.92. The first-order valence-electron chi connectivity index (χ1n) is 8.80. The van der Waals surface area contributed by atoms with Gasteiger partial charge in [0.25, 0.3) is 0 Å². The molecule has 1 unspecified atom stereocenters. The molecule has 0 bridgehead atoms. The summed E-state index contributed by atoms with van der Waals surface area (Å²) in [4.78, 5) is 14.4. The van der Waals surface area contributed by atoms with E-state index in [0.29, 0.717) is 30.8 Å². The van der Waals surface area contributed by atoms with Crippen molar-refractivity contribution in [3.05, 3.63) is 59.1 Å². The number of ether oxygens (including phenoxy) is 1. The lowest BCUT2D eigenvalue weighted by Gasteiger charge is -2.17. The minimum Gasteiger partial charge on any atom is -0.497 e. The Morgan fingerprint density at radius 1 is 1.15 bits per heavy atom. The summed E-state index contributed by atoms with van der Waals surface area (Å²) in [6, 6.07) is 13.8. The van der Waals surface area contributed by atoms with E-state index in [1.54, 1.807) is 24.1 Å². The van der Waals surface area contributed by atoms with Gasteiger partial charge in [0, 0.05) is 24.5 Å². The number of amides is 1. The van der Waals surface area contributed by atoms with Gasteiger partial charge < -0.3 is 9.64 Å². The summed E-state index contributed by atoms with van der Waals surface area (Å²) in [5.74, 6) is 0.763. The number of carbonyl (C=O) groups excluding carboxylic acids is 1. The average molecular weight is 408 g/mol. The second kappa shape index (κ2) is 8.31. The molecule has 1 aliphatic heterocycles. The Bertz CT molecular complexity index is 895. The Morgan fingerprint density at radius 2 is 1.81 bits per heavy atom. The molecular formula is C20H22ClNO4S. The SMILES string of the molecule is COc1ccc(CCC(=O)N2CCC(S(=O)(=O)c3ccc(Cl)cc3)C2)cc1. The summed E-state index contributed by atoms with van der Waals surface area (Å²) < 4.78 is 30.6. The smallest absolute Gasteiger partial charge is 0.222 e. The van der Waals surface area contributed by atoms with Crippen molar-refractivity contribution in [2.24, 2.45) is 0 Å². The van der Waals surface area contributed by atoms with Crippen LogP contribution in [0.3, 0.4) is 0 Å². The summed E-state index contributed by atoms with van der Waals surface area (Å²) in [7, 11) is -1.85. The van der Waals surface area contributed by atoms with Gasteiger partial charge in [-0.1, -0.05) is 23.7 Å². The van der Waals surface area contributed by atoms with Crippen molar-refractivity contribution in [1.29, 1.82) is 0 Å². The predicted molar refractivity (Wildman–Crippen MR) is 105 cm³/mol. The fraction of sp³-hybridized carbons (Fsp3) is 0.350. The first kappa shape index (κ1) is 19.7. The fourth-order valence-corrected chi connectivity index (χ4v) is 5.04. The van der Waals surface area contributed by atoms with E-state index < -0.39 is 15.1 Å². The zero-order valence-corrected chi connectivity index (χ0v) is 16.7. The van der Waals surface area contributed by atoms with Crippen LogP contribution in [0.1, 0.15) is 18.4 Å². The van der Waals surface area contributed by atoms with Gasteiger partial charge in [0.2, 0.25) is 5.91 Å². The lowest BCUT2D eigenvalue weighted by atomic mass is 10.1. The molecule has 1 fully saturated rings. The Morgan fingerprint density at radius 3 is 2.44 bits per heavy atom. The highest BCUT2D eigenvalue weighted by Gasteiger charge is 2.35. The molecule has 0 spiro atoms. The number of sulfone groups is 1. The van der Waals surface area contributed by atoms with E-state index in [0.717, 1.165) is 11.3 Å². The molecule has 3 rings (SSSR count). The number of carbonyl (C=O) groups is 1. The molecule has 1 atom stereocenters. The van der Waals surface area contributed by atoms with E-state index in [2.05, 4.69) is 0 Å². The maximum Gasteiger partial charge on any atom is 0.222 e. The maximum absolute atomic E-state index is 12.8. The van der Waals surface area contributed by atoms with Gasteiger partial charge in [-0.15, -0.1) is 0 Å². The van der Waals surface area contributed by atoms with Crippen LogP contribution >= 0.6 is 11.6 Å². The first-order chi connectivity index (χ1) is 12.9. The highest BCUT2D eigenvalue weighted by atomic mass is 35.5. The number of benzene rings is 2. The number of halogens is 1.